The van der Waals surface area contributed by atoms with Crippen molar-refractivity contribution in [2.75, 3.05) is 4.90 Å². The second-order valence-corrected chi connectivity index (χ2v) is 9.89. The Morgan fingerprint density at radius 1 is 1.00 bits per heavy atom. The molecular weight excluding hydrogens is 516 g/mol. The number of aryl methyl sites for hydroxylation is 2. The smallest absolute Gasteiger partial charge is 0.248 e. The maximum Gasteiger partial charge on any atom is 0.248 e. The van der Waals surface area contributed by atoms with Crippen LogP contribution in [-0.2, 0) is 4.79 Å². The Morgan fingerprint density at radius 2 is 1.75 bits per heavy atom. The first-order chi connectivity index (χ1) is 19.2. The third-order valence-corrected chi connectivity index (χ3v) is 7.34. The summed E-state index contributed by atoms with van der Waals surface area (Å²) in [5, 5.41) is 4.06. The first-order valence-electron chi connectivity index (χ1n) is 12.9. The van der Waals surface area contributed by atoms with E-state index in [0.29, 0.717) is 41.2 Å². The molecule has 202 valence electrons. The van der Waals surface area contributed by atoms with Gasteiger partial charge in [0.1, 0.15) is 11.6 Å². The van der Waals surface area contributed by atoms with Crippen LogP contribution in [0, 0.1) is 25.5 Å². The highest BCUT2D eigenvalue weighted by Crippen LogP contribution is 2.39. The van der Waals surface area contributed by atoms with Crippen LogP contribution in [0.25, 0.3) is 27.8 Å². The molecule has 1 aliphatic rings. The van der Waals surface area contributed by atoms with E-state index in [1.54, 1.807) is 24.3 Å². The fourth-order valence-electron chi connectivity index (χ4n) is 5.49. The number of piperidine rings is 1. The average Bonchev–Trinajstić information content (AvgIpc) is 3.48. The molecule has 1 fully saturated rings. The second-order valence-electron chi connectivity index (χ2n) is 9.89. The number of nitrogens with zero attached hydrogens (tertiary/aromatic N) is 4. The maximum absolute atomic E-state index is 14.3. The van der Waals surface area contributed by atoms with Crippen molar-refractivity contribution in [3.63, 3.8) is 0 Å². The highest BCUT2D eigenvalue weighted by Gasteiger charge is 2.35. The number of carbonyl (C=O) groups excluding carboxylic acids is 2. The molecule has 40 heavy (non-hydrogen) atoms. The Bertz CT molecular complexity index is 1770. The van der Waals surface area contributed by atoms with Gasteiger partial charge in [-0.25, -0.2) is 13.8 Å². The van der Waals surface area contributed by atoms with E-state index in [1.807, 2.05) is 36.6 Å². The summed E-state index contributed by atoms with van der Waals surface area (Å²) in [5.41, 5.74) is 10.7. The Morgan fingerprint density at radius 3 is 2.42 bits per heavy atom. The Hall–Kier alpha value is -4.86. The topological polar surface area (TPSA) is 107 Å². The van der Waals surface area contributed by atoms with Crippen LogP contribution in [0.2, 0.25) is 0 Å². The van der Waals surface area contributed by atoms with Crippen molar-refractivity contribution in [2.24, 2.45) is 5.73 Å². The highest BCUT2D eigenvalue weighted by atomic mass is 19.2. The van der Waals surface area contributed by atoms with E-state index >= 15 is 0 Å². The number of imidazole rings is 1. The summed E-state index contributed by atoms with van der Waals surface area (Å²) in [7, 11) is 0. The number of hydrogen-bond acceptors (Lipinski definition) is 5. The number of anilines is 1. The Kier molecular flexibility index (Phi) is 6.17. The minimum atomic E-state index is -1.03. The molecule has 2 aromatic heterocycles. The molecule has 0 aliphatic carbocycles. The molecule has 1 aliphatic heterocycles. The van der Waals surface area contributed by atoms with Gasteiger partial charge in [0.25, 0.3) is 0 Å². The number of aromatic nitrogens is 3. The number of amides is 2. The summed E-state index contributed by atoms with van der Waals surface area (Å²) in [5.74, 6) is -1.54. The molecule has 10 heteroatoms. The highest BCUT2D eigenvalue weighted by molar-refractivity contribution is 5.95. The van der Waals surface area contributed by atoms with Gasteiger partial charge in [-0.1, -0.05) is 11.2 Å². The van der Waals surface area contributed by atoms with Gasteiger partial charge in [-0.05, 0) is 80.8 Å². The van der Waals surface area contributed by atoms with Crippen molar-refractivity contribution in [3.8, 4) is 16.8 Å². The summed E-state index contributed by atoms with van der Waals surface area (Å²) in [6.45, 7) is 3.71. The first kappa shape index (κ1) is 25.4. The molecule has 6 rings (SSSR count). The fraction of sp³-hybridized carbons (Fsp3) is 0.200. The van der Waals surface area contributed by atoms with E-state index in [2.05, 4.69) is 5.16 Å². The lowest BCUT2D eigenvalue weighted by Crippen LogP contribution is -2.39. The van der Waals surface area contributed by atoms with Gasteiger partial charge in [-0.2, -0.15) is 0 Å². The number of hydrogen-bond donors (Lipinski definition) is 1. The first-order valence-corrected chi connectivity index (χ1v) is 12.9. The van der Waals surface area contributed by atoms with E-state index in [-0.39, 0.29) is 18.0 Å². The molecule has 1 saturated heterocycles. The minimum Gasteiger partial charge on any atom is -0.366 e. The molecule has 2 N–H and O–H groups in total. The zero-order valence-electron chi connectivity index (χ0n) is 21.8. The second kappa shape index (κ2) is 9.71. The fourth-order valence-corrected chi connectivity index (χ4v) is 5.49. The van der Waals surface area contributed by atoms with Gasteiger partial charge >= 0.3 is 0 Å². The molecule has 2 amide bonds. The SMILES string of the molecule is Cc1noc(C)c1-c1ccc2c(c1)nc([C@@H]1CCCC(=O)N1c1ccc(F)c(F)c1)n2-c1ccc(C(N)=O)cc1. The predicted molar refractivity (Wildman–Crippen MR) is 145 cm³/mol. The normalized spacial score (nSPS) is 15.7. The number of halogens is 2. The summed E-state index contributed by atoms with van der Waals surface area (Å²) < 4.78 is 35.3. The van der Waals surface area contributed by atoms with E-state index < -0.39 is 23.6 Å². The molecule has 0 bridgehead atoms. The van der Waals surface area contributed by atoms with Crippen molar-refractivity contribution in [2.45, 2.75) is 39.2 Å². The third-order valence-electron chi connectivity index (χ3n) is 7.34. The molecule has 0 radical (unpaired) electrons. The van der Waals surface area contributed by atoms with E-state index in [4.69, 9.17) is 15.2 Å². The van der Waals surface area contributed by atoms with Crippen molar-refractivity contribution in [1.29, 1.82) is 0 Å². The maximum atomic E-state index is 14.3. The van der Waals surface area contributed by atoms with E-state index in [0.717, 1.165) is 34.5 Å². The van der Waals surface area contributed by atoms with Crippen LogP contribution >= 0.6 is 0 Å². The van der Waals surface area contributed by atoms with Crippen LogP contribution in [0.15, 0.2) is 65.2 Å². The van der Waals surface area contributed by atoms with Crippen LogP contribution in [0.3, 0.4) is 0 Å². The van der Waals surface area contributed by atoms with Gasteiger partial charge in [-0.3, -0.25) is 14.2 Å². The average molecular weight is 542 g/mol. The Labute approximate surface area is 228 Å². The molecular formula is C30H25F2N5O3. The minimum absolute atomic E-state index is 0.207. The van der Waals surface area contributed by atoms with Gasteiger partial charge < -0.3 is 15.2 Å². The number of nitrogens with two attached hydrogens (primary N) is 1. The lowest BCUT2D eigenvalue weighted by Gasteiger charge is -2.35. The lowest BCUT2D eigenvalue weighted by atomic mass is 9.99. The zero-order chi connectivity index (χ0) is 28.1. The number of rotatable bonds is 5. The summed E-state index contributed by atoms with van der Waals surface area (Å²) in [6, 6.07) is 15.5. The largest absolute Gasteiger partial charge is 0.366 e. The van der Waals surface area contributed by atoms with Crippen molar-refractivity contribution in [1.82, 2.24) is 14.7 Å². The van der Waals surface area contributed by atoms with Crippen LogP contribution < -0.4 is 10.6 Å². The van der Waals surface area contributed by atoms with Crippen molar-refractivity contribution >= 4 is 28.5 Å². The zero-order valence-corrected chi connectivity index (χ0v) is 21.8. The van der Waals surface area contributed by atoms with Crippen LogP contribution in [0.5, 0.6) is 0 Å². The van der Waals surface area contributed by atoms with Gasteiger partial charge in [0.15, 0.2) is 11.6 Å². The molecule has 8 nitrogen and oxygen atoms in total. The molecule has 0 unspecified atom stereocenters. The summed E-state index contributed by atoms with van der Waals surface area (Å²) >= 11 is 0. The van der Waals surface area contributed by atoms with Gasteiger partial charge in [0, 0.05) is 35.0 Å². The van der Waals surface area contributed by atoms with Crippen LogP contribution in [0.4, 0.5) is 14.5 Å². The van der Waals surface area contributed by atoms with Crippen molar-refractivity contribution < 1.29 is 22.9 Å². The molecule has 5 aromatic rings. The van der Waals surface area contributed by atoms with Gasteiger partial charge in [0.05, 0.1) is 22.8 Å². The monoisotopic (exact) mass is 541 g/mol. The number of fused-ring (bicyclic) bond motifs is 1. The van der Waals surface area contributed by atoms with Crippen LogP contribution in [-0.4, -0.2) is 26.5 Å². The Balaban J connectivity index is 1.57. The number of carbonyl (C=O) groups is 2. The summed E-state index contributed by atoms with van der Waals surface area (Å²) in [6.07, 6.45) is 1.45. The van der Waals surface area contributed by atoms with E-state index in [9.17, 15) is 18.4 Å². The molecule has 1 atom stereocenters. The lowest BCUT2D eigenvalue weighted by molar-refractivity contribution is -0.120. The summed E-state index contributed by atoms with van der Waals surface area (Å²) in [4.78, 5) is 31.5. The van der Waals surface area contributed by atoms with E-state index in [1.165, 1.54) is 11.0 Å². The number of benzene rings is 3. The van der Waals surface area contributed by atoms with Gasteiger partial charge in [0.2, 0.25) is 11.8 Å². The molecule has 3 aromatic carbocycles. The predicted octanol–water partition coefficient (Wildman–Crippen LogP) is 5.93. The van der Waals surface area contributed by atoms with Crippen LogP contribution in [0.1, 0.15) is 52.9 Å². The molecule has 0 saturated carbocycles. The molecule has 0 spiro atoms. The van der Waals surface area contributed by atoms with Crippen molar-refractivity contribution in [3.05, 3.63) is 95.1 Å². The standard InChI is InChI=1S/C30H25F2N5O3/c1-16-28(17(2)40-35-16)19-8-13-25-24(14-19)34-30(37(25)20-9-6-18(7-10-20)29(33)39)26-4-3-5-27(38)36(26)21-11-12-22(31)23(32)15-21/h6-15,26H,3-5H2,1-2H3,(H2,33,39)/t26-/m0/s1. The molecule has 3 heterocycles. The van der Waals surface area contributed by atoms with Gasteiger partial charge in [-0.15, -0.1) is 0 Å². The number of primary amides is 1. The quantitative estimate of drug-likeness (QED) is 0.297. The third kappa shape index (κ3) is 4.21.